The SMILES string of the molecule is O=C(c1ccccc1)N1CC[C@H](N(Cc2ccnc3ccccc23)C(=O)C(F)(F)F)C[C@H]1Cc1ccccc1. The van der Waals surface area contributed by atoms with Crippen LogP contribution in [-0.4, -0.2) is 51.4 Å². The smallest absolute Gasteiger partial charge is 0.335 e. The molecule has 1 aliphatic rings. The molecule has 0 bridgehead atoms. The Morgan fingerprint density at radius 1 is 0.897 bits per heavy atom. The number of alkyl halides is 3. The Kier molecular flexibility index (Phi) is 7.63. The standard InChI is InChI=1S/C31H28F3N3O2/c32-31(33,34)30(39)37(21-24-15-17-35-28-14-8-7-13-27(24)28)25-16-18-36(29(38)23-11-5-2-6-12-23)26(20-25)19-22-9-3-1-4-10-22/h1-15,17,25-26H,16,18-21H2/t25-,26+/m0/s1. The second-order valence-corrected chi connectivity index (χ2v) is 9.80. The van der Waals surface area contributed by atoms with Crippen LogP contribution in [0.1, 0.15) is 34.3 Å². The molecule has 5 rings (SSSR count). The summed E-state index contributed by atoms with van der Waals surface area (Å²) in [6, 6.07) is 26.2. The van der Waals surface area contributed by atoms with E-state index < -0.39 is 18.1 Å². The van der Waals surface area contributed by atoms with Crippen molar-refractivity contribution >= 4 is 22.7 Å². The van der Waals surface area contributed by atoms with Gasteiger partial charge < -0.3 is 9.80 Å². The first-order chi connectivity index (χ1) is 18.8. The van der Waals surface area contributed by atoms with E-state index in [9.17, 15) is 22.8 Å². The highest BCUT2D eigenvalue weighted by Gasteiger charge is 2.46. The summed E-state index contributed by atoms with van der Waals surface area (Å²) in [6.07, 6.45) is -2.52. The number of amides is 2. The van der Waals surface area contributed by atoms with Gasteiger partial charge in [0.25, 0.3) is 5.91 Å². The predicted molar refractivity (Wildman–Crippen MR) is 143 cm³/mol. The normalized spacial score (nSPS) is 17.7. The molecule has 1 aliphatic heterocycles. The third-order valence-corrected chi connectivity index (χ3v) is 7.31. The fraction of sp³-hybridized carbons (Fsp3) is 0.258. The minimum atomic E-state index is -5.02. The number of carbonyl (C=O) groups is 2. The molecular formula is C31H28F3N3O2. The van der Waals surface area contributed by atoms with Crippen molar-refractivity contribution in [1.29, 1.82) is 0 Å². The number of pyridine rings is 1. The molecular weight excluding hydrogens is 503 g/mol. The Morgan fingerprint density at radius 2 is 1.56 bits per heavy atom. The highest BCUT2D eigenvalue weighted by molar-refractivity contribution is 5.94. The van der Waals surface area contributed by atoms with Gasteiger partial charge in [0, 0.05) is 42.3 Å². The van der Waals surface area contributed by atoms with E-state index >= 15 is 0 Å². The maximum absolute atomic E-state index is 13.9. The summed E-state index contributed by atoms with van der Waals surface area (Å²) in [4.78, 5) is 33.3. The summed E-state index contributed by atoms with van der Waals surface area (Å²) in [5, 5.41) is 0.706. The highest BCUT2D eigenvalue weighted by Crippen LogP contribution is 2.31. The van der Waals surface area contributed by atoms with E-state index in [0.29, 0.717) is 28.5 Å². The van der Waals surface area contributed by atoms with Crippen molar-refractivity contribution in [1.82, 2.24) is 14.8 Å². The number of rotatable bonds is 6. The summed E-state index contributed by atoms with van der Waals surface area (Å²) in [6.45, 7) is 0.0470. The third kappa shape index (κ3) is 5.95. The largest absolute Gasteiger partial charge is 0.471 e. The molecule has 4 aromatic rings. The lowest BCUT2D eigenvalue weighted by atomic mass is 9.90. The fourth-order valence-corrected chi connectivity index (χ4v) is 5.41. The number of nitrogens with zero attached hydrogens (tertiary/aromatic N) is 3. The van der Waals surface area contributed by atoms with Crippen LogP contribution < -0.4 is 0 Å². The molecule has 0 spiro atoms. The quantitative estimate of drug-likeness (QED) is 0.305. The molecule has 2 atom stereocenters. The number of aromatic nitrogens is 1. The molecule has 2 amide bonds. The molecule has 1 fully saturated rings. The van der Waals surface area contributed by atoms with Crippen LogP contribution in [0.5, 0.6) is 0 Å². The van der Waals surface area contributed by atoms with Crippen molar-refractivity contribution < 1.29 is 22.8 Å². The predicted octanol–water partition coefficient (Wildman–Crippen LogP) is 6.04. The number of piperidine rings is 1. The first-order valence-electron chi connectivity index (χ1n) is 12.9. The van der Waals surface area contributed by atoms with Gasteiger partial charge in [-0.15, -0.1) is 0 Å². The van der Waals surface area contributed by atoms with Gasteiger partial charge in [0.05, 0.1) is 5.52 Å². The van der Waals surface area contributed by atoms with E-state index in [-0.39, 0.29) is 37.9 Å². The summed E-state index contributed by atoms with van der Waals surface area (Å²) in [5.74, 6) is -2.03. The van der Waals surface area contributed by atoms with E-state index in [2.05, 4.69) is 4.98 Å². The summed E-state index contributed by atoms with van der Waals surface area (Å²) in [7, 11) is 0. The molecule has 0 unspecified atom stereocenters. The van der Waals surface area contributed by atoms with E-state index in [1.807, 2.05) is 42.5 Å². The Balaban J connectivity index is 1.47. The van der Waals surface area contributed by atoms with E-state index in [1.54, 1.807) is 59.6 Å². The summed E-state index contributed by atoms with van der Waals surface area (Å²) >= 11 is 0. The molecule has 5 nitrogen and oxygen atoms in total. The van der Waals surface area contributed by atoms with E-state index in [1.165, 1.54) is 0 Å². The molecule has 0 saturated carbocycles. The second-order valence-electron chi connectivity index (χ2n) is 9.80. The lowest BCUT2D eigenvalue weighted by Crippen LogP contribution is -2.55. The van der Waals surface area contributed by atoms with Crippen molar-refractivity contribution in [3.05, 3.63) is 114 Å². The maximum Gasteiger partial charge on any atom is 0.471 e. The van der Waals surface area contributed by atoms with Crippen LogP contribution >= 0.6 is 0 Å². The number of fused-ring (bicyclic) bond motifs is 1. The molecule has 3 aromatic carbocycles. The number of likely N-dealkylation sites (tertiary alicyclic amines) is 1. The van der Waals surface area contributed by atoms with Gasteiger partial charge in [-0.1, -0.05) is 66.7 Å². The van der Waals surface area contributed by atoms with Crippen molar-refractivity contribution in [2.75, 3.05) is 6.54 Å². The number of hydrogen-bond acceptors (Lipinski definition) is 3. The third-order valence-electron chi connectivity index (χ3n) is 7.31. The molecule has 0 N–H and O–H groups in total. The van der Waals surface area contributed by atoms with Crippen LogP contribution in [0.25, 0.3) is 10.9 Å². The average molecular weight is 532 g/mol. The zero-order chi connectivity index (χ0) is 27.4. The van der Waals surface area contributed by atoms with Crippen LogP contribution in [-0.2, 0) is 17.8 Å². The number of carbonyl (C=O) groups excluding carboxylic acids is 2. The highest BCUT2D eigenvalue weighted by atomic mass is 19.4. The van der Waals surface area contributed by atoms with Gasteiger partial charge in [0.1, 0.15) is 0 Å². The van der Waals surface area contributed by atoms with Gasteiger partial charge in [-0.25, -0.2) is 0 Å². The molecule has 0 aliphatic carbocycles. The molecule has 1 saturated heterocycles. The minimum Gasteiger partial charge on any atom is -0.335 e. The van der Waals surface area contributed by atoms with E-state index in [0.717, 1.165) is 10.5 Å². The Bertz CT molecular complexity index is 1440. The first-order valence-corrected chi connectivity index (χ1v) is 12.9. The molecule has 39 heavy (non-hydrogen) atoms. The number of para-hydroxylation sites is 1. The lowest BCUT2D eigenvalue weighted by Gasteiger charge is -2.44. The van der Waals surface area contributed by atoms with Crippen LogP contribution in [0.3, 0.4) is 0 Å². The molecule has 0 radical (unpaired) electrons. The molecule has 1 aromatic heterocycles. The monoisotopic (exact) mass is 531 g/mol. The summed E-state index contributed by atoms with van der Waals surface area (Å²) < 4.78 is 41.6. The van der Waals surface area contributed by atoms with Crippen molar-refractivity contribution in [2.24, 2.45) is 0 Å². The number of halogens is 3. The first kappa shape index (κ1) is 26.4. The maximum atomic E-state index is 13.9. The van der Waals surface area contributed by atoms with Gasteiger partial charge in [-0.05, 0) is 54.7 Å². The van der Waals surface area contributed by atoms with Gasteiger partial charge in [-0.2, -0.15) is 13.2 Å². The molecule has 8 heteroatoms. The van der Waals surface area contributed by atoms with Gasteiger partial charge in [0.2, 0.25) is 0 Å². The minimum absolute atomic E-state index is 0.163. The zero-order valence-electron chi connectivity index (χ0n) is 21.2. The fourth-order valence-electron chi connectivity index (χ4n) is 5.41. The van der Waals surface area contributed by atoms with Crippen molar-refractivity contribution in [2.45, 2.75) is 44.1 Å². The van der Waals surface area contributed by atoms with E-state index in [4.69, 9.17) is 0 Å². The second kappa shape index (κ2) is 11.3. The Hall–Kier alpha value is -4.20. The van der Waals surface area contributed by atoms with Gasteiger partial charge in [0.15, 0.2) is 0 Å². The Labute approximate surface area is 224 Å². The van der Waals surface area contributed by atoms with Crippen LogP contribution in [0.4, 0.5) is 13.2 Å². The number of hydrogen-bond donors (Lipinski definition) is 0. The lowest BCUT2D eigenvalue weighted by molar-refractivity contribution is -0.189. The molecule has 2 heterocycles. The van der Waals surface area contributed by atoms with Crippen LogP contribution in [0, 0.1) is 0 Å². The average Bonchev–Trinajstić information content (AvgIpc) is 2.96. The summed E-state index contributed by atoms with van der Waals surface area (Å²) in [5.41, 5.74) is 2.75. The number of benzene rings is 3. The Morgan fingerprint density at radius 3 is 2.28 bits per heavy atom. The van der Waals surface area contributed by atoms with Crippen LogP contribution in [0.2, 0.25) is 0 Å². The van der Waals surface area contributed by atoms with Crippen LogP contribution in [0.15, 0.2) is 97.2 Å². The van der Waals surface area contributed by atoms with Crippen molar-refractivity contribution in [3.8, 4) is 0 Å². The van der Waals surface area contributed by atoms with Crippen molar-refractivity contribution in [3.63, 3.8) is 0 Å². The van der Waals surface area contributed by atoms with Gasteiger partial charge >= 0.3 is 12.1 Å². The van der Waals surface area contributed by atoms with Gasteiger partial charge in [-0.3, -0.25) is 14.6 Å². The zero-order valence-corrected chi connectivity index (χ0v) is 21.2. The molecule has 200 valence electrons. The topological polar surface area (TPSA) is 53.5 Å².